The number of fused-ring (bicyclic) bond motifs is 1. The van der Waals surface area contributed by atoms with Crippen LogP contribution < -0.4 is 15.4 Å². The summed E-state index contributed by atoms with van der Waals surface area (Å²) in [5, 5.41) is 24.4. The normalized spacial score (nSPS) is 17.3. The molecule has 1 aromatic heterocycles. The van der Waals surface area contributed by atoms with Crippen LogP contribution in [0.25, 0.3) is 10.9 Å². The van der Waals surface area contributed by atoms with E-state index < -0.39 is 54.4 Å². The van der Waals surface area contributed by atoms with Gasteiger partial charge in [-0.1, -0.05) is 19.9 Å². The van der Waals surface area contributed by atoms with Crippen LogP contribution in [0.3, 0.4) is 0 Å². The number of aromatic amines is 1. The van der Waals surface area contributed by atoms with Gasteiger partial charge in [-0.3, -0.25) is 19.2 Å². The minimum Gasteiger partial charge on any atom is -0.496 e. The number of Topliss-reactive ketones (excluding diaryl/α,β-unsaturated/α-hetero) is 1. The van der Waals surface area contributed by atoms with E-state index in [0.29, 0.717) is 29.6 Å². The van der Waals surface area contributed by atoms with Crippen molar-refractivity contribution >= 4 is 40.6 Å². The molecule has 13 heteroatoms. The largest absolute Gasteiger partial charge is 0.505 e. The Kier molecular flexibility index (Phi) is 10.7. The van der Waals surface area contributed by atoms with Gasteiger partial charge in [-0.05, 0) is 50.3 Å². The number of rotatable bonds is 14. The van der Waals surface area contributed by atoms with Gasteiger partial charge in [0, 0.05) is 23.4 Å². The summed E-state index contributed by atoms with van der Waals surface area (Å²) in [5.41, 5.74) is 0.916. The minimum atomic E-state index is -1.44. The van der Waals surface area contributed by atoms with Crippen molar-refractivity contribution in [2.24, 2.45) is 11.8 Å². The lowest BCUT2D eigenvalue weighted by Gasteiger charge is -2.26. The van der Waals surface area contributed by atoms with Crippen LogP contribution in [0.5, 0.6) is 5.75 Å². The molecule has 0 aliphatic carbocycles. The monoisotopic (exact) mass is 574 g/mol. The van der Waals surface area contributed by atoms with E-state index in [1.165, 1.54) is 12.0 Å². The Hall–Kier alpha value is -4.13. The number of carbonyl (C=O) groups is 5. The number of carbonyl (C=O) groups excluding carboxylic acids is 4. The third-order valence-electron chi connectivity index (χ3n) is 7.13. The van der Waals surface area contributed by atoms with Gasteiger partial charge in [-0.15, -0.1) is 0 Å². The zero-order chi connectivity index (χ0) is 30.3. The number of aromatic nitrogens is 1. The number of nitrogens with one attached hydrogen (secondary N) is 3. The number of aliphatic hydroxyl groups excluding tert-OH is 1. The summed E-state index contributed by atoms with van der Waals surface area (Å²) in [5.74, 6) is -2.11. The van der Waals surface area contributed by atoms with Crippen molar-refractivity contribution in [1.82, 2.24) is 20.5 Å². The fraction of sp³-hybridized carbons (Fsp3) is 0.536. The van der Waals surface area contributed by atoms with E-state index >= 15 is 0 Å². The Morgan fingerprint density at radius 3 is 2.51 bits per heavy atom. The molecule has 41 heavy (non-hydrogen) atoms. The van der Waals surface area contributed by atoms with Gasteiger partial charge in [0.25, 0.3) is 5.91 Å². The number of hydrogen-bond donors (Lipinski definition) is 5. The van der Waals surface area contributed by atoms with Crippen molar-refractivity contribution in [2.75, 3.05) is 26.9 Å². The maximum atomic E-state index is 13.4. The summed E-state index contributed by atoms with van der Waals surface area (Å²) in [6.45, 7) is 4.74. The summed E-state index contributed by atoms with van der Waals surface area (Å²) >= 11 is 0. The molecule has 0 radical (unpaired) electrons. The molecule has 0 spiro atoms. The van der Waals surface area contributed by atoms with Crippen LogP contribution in [0.2, 0.25) is 0 Å². The predicted molar refractivity (Wildman–Crippen MR) is 147 cm³/mol. The smallest absolute Gasteiger partial charge is 0.496 e. The van der Waals surface area contributed by atoms with Crippen molar-refractivity contribution in [3.05, 3.63) is 30.0 Å². The van der Waals surface area contributed by atoms with Crippen LogP contribution in [0.4, 0.5) is 4.79 Å². The third kappa shape index (κ3) is 7.97. The molecule has 1 aliphatic rings. The first-order chi connectivity index (χ1) is 19.4. The van der Waals surface area contributed by atoms with Gasteiger partial charge in [-0.2, -0.15) is 0 Å². The molecule has 1 saturated heterocycles. The summed E-state index contributed by atoms with van der Waals surface area (Å²) < 4.78 is 9.92. The Balaban J connectivity index is 1.71. The zero-order valence-corrected chi connectivity index (χ0v) is 23.6. The standard InChI is InChI=1S/C28H38N4O9/c1-15(2)10-21(31-26(36)22-12-18-19(29-22)6-5-7-24(18)40-4)25(35)30-20(23(34)13-33)11-17-8-9-32(27(17)37)16(3)14-41-28(38)39/h5-7,12,15-17,20-21,29,33H,8-11,13-14H2,1-4H3,(H,30,35)(H,31,36)(H,38,39)/t16?,17-,20?,21?/m0/s1. The molecule has 2 aromatic rings. The molecule has 1 aromatic carbocycles. The van der Waals surface area contributed by atoms with Gasteiger partial charge < -0.3 is 40.2 Å². The Labute approximate surface area is 237 Å². The number of hydrogen-bond acceptors (Lipinski definition) is 8. The van der Waals surface area contributed by atoms with E-state index in [1.54, 1.807) is 31.2 Å². The number of methoxy groups -OCH3 is 1. The minimum absolute atomic E-state index is 0.0142. The molecule has 0 saturated carbocycles. The summed E-state index contributed by atoms with van der Waals surface area (Å²) in [4.78, 5) is 67.3. The number of nitrogens with zero attached hydrogens (tertiary/aromatic N) is 1. The van der Waals surface area contributed by atoms with E-state index in [9.17, 15) is 29.1 Å². The van der Waals surface area contributed by atoms with Crippen LogP contribution in [0, 0.1) is 11.8 Å². The van der Waals surface area contributed by atoms with Gasteiger partial charge in [0.1, 0.15) is 30.7 Å². The van der Waals surface area contributed by atoms with E-state index in [-0.39, 0.29) is 37.0 Å². The Morgan fingerprint density at radius 2 is 1.88 bits per heavy atom. The first kappa shape index (κ1) is 31.4. The highest BCUT2D eigenvalue weighted by atomic mass is 16.7. The summed E-state index contributed by atoms with van der Waals surface area (Å²) in [6.07, 6.45) is -0.823. The Bertz CT molecular complexity index is 1270. The molecule has 3 unspecified atom stereocenters. The van der Waals surface area contributed by atoms with Crippen LogP contribution in [0.15, 0.2) is 24.3 Å². The number of carboxylic acid groups (broad SMARTS) is 1. The number of ether oxygens (including phenoxy) is 2. The maximum Gasteiger partial charge on any atom is 0.505 e. The van der Waals surface area contributed by atoms with Crippen LogP contribution >= 0.6 is 0 Å². The quantitative estimate of drug-likeness (QED) is 0.209. The number of aliphatic hydroxyl groups is 1. The topological polar surface area (TPSA) is 187 Å². The molecule has 224 valence electrons. The van der Waals surface area contributed by atoms with Crippen LogP contribution in [-0.2, 0) is 19.1 Å². The fourth-order valence-corrected chi connectivity index (χ4v) is 5.01. The van der Waals surface area contributed by atoms with E-state index in [0.717, 1.165) is 0 Å². The summed E-state index contributed by atoms with van der Waals surface area (Å²) in [7, 11) is 1.53. The van der Waals surface area contributed by atoms with Crippen molar-refractivity contribution in [3.63, 3.8) is 0 Å². The molecular formula is C28H38N4O9. The van der Waals surface area contributed by atoms with E-state index in [1.807, 2.05) is 13.8 Å². The van der Waals surface area contributed by atoms with Gasteiger partial charge in [0.05, 0.1) is 19.2 Å². The van der Waals surface area contributed by atoms with E-state index in [2.05, 4.69) is 20.4 Å². The third-order valence-corrected chi connectivity index (χ3v) is 7.13. The summed E-state index contributed by atoms with van der Waals surface area (Å²) in [6, 6.07) is 4.33. The average molecular weight is 575 g/mol. The van der Waals surface area contributed by atoms with Crippen molar-refractivity contribution in [1.29, 1.82) is 0 Å². The number of ketones is 1. The second kappa shape index (κ2) is 14.0. The van der Waals surface area contributed by atoms with Gasteiger partial charge >= 0.3 is 6.16 Å². The molecule has 5 N–H and O–H groups in total. The lowest BCUT2D eigenvalue weighted by Crippen LogP contribution is -2.53. The van der Waals surface area contributed by atoms with Gasteiger partial charge in [-0.25, -0.2) is 4.79 Å². The molecule has 3 amide bonds. The number of amides is 3. The molecule has 2 heterocycles. The van der Waals surface area contributed by atoms with Crippen molar-refractivity contribution in [2.45, 2.75) is 58.2 Å². The number of H-pyrrole nitrogens is 1. The first-order valence-corrected chi connectivity index (χ1v) is 13.5. The van der Waals surface area contributed by atoms with Crippen LogP contribution in [-0.4, -0.2) is 94.8 Å². The first-order valence-electron chi connectivity index (χ1n) is 13.5. The van der Waals surface area contributed by atoms with Gasteiger partial charge in [0.15, 0.2) is 5.78 Å². The highest BCUT2D eigenvalue weighted by Gasteiger charge is 2.38. The SMILES string of the molecule is COc1cccc2[nH]c(C(=O)NC(CC(C)C)C(=O)NC(C[C@@H]3CCN(C(C)COC(=O)O)C3=O)C(=O)CO)cc12. The highest BCUT2D eigenvalue weighted by Crippen LogP contribution is 2.27. The number of likely N-dealkylation sites (tertiary alicyclic amines) is 1. The molecule has 1 fully saturated rings. The second-order valence-electron chi connectivity index (χ2n) is 10.6. The van der Waals surface area contributed by atoms with Crippen LogP contribution in [0.1, 0.15) is 50.5 Å². The van der Waals surface area contributed by atoms with E-state index in [4.69, 9.17) is 9.84 Å². The van der Waals surface area contributed by atoms with Gasteiger partial charge in [0.2, 0.25) is 11.8 Å². The lowest BCUT2D eigenvalue weighted by molar-refractivity contribution is -0.135. The Morgan fingerprint density at radius 1 is 1.15 bits per heavy atom. The fourth-order valence-electron chi connectivity index (χ4n) is 5.01. The highest BCUT2D eigenvalue weighted by molar-refractivity contribution is 6.02. The molecule has 0 bridgehead atoms. The van der Waals surface area contributed by atoms with Crippen molar-refractivity contribution in [3.8, 4) is 5.75 Å². The zero-order valence-electron chi connectivity index (χ0n) is 23.6. The molecule has 3 rings (SSSR count). The molecule has 13 nitrogen and oxygen atoms in total. The van der Waals surface area contributed by atoms with Crippen molar-refractivity contribution < 1.29 is 43.7 Å². The molecular weight excluding hydrogens is 536 g/mol. The molecule has 1 aliphatic heterocycles. The number of benzene rings is 1. The maximum absolute atomic E-state index is 13.4. The average Bonchev–Trinajstić information content (AvgIpc) is 3.53. The molecule has 4 atom stereocenters. The second-order valence-corrected chi connectivity index (χ2v) is 10.6. The predicted octanol–water partition coefficient (Wildman–Crippen LogP) is 1.69. The lowest BCUT2D eigenvalue weighted by atomic mass is 9.95.